The minimum absolute atomic E-state index is 0.187. The third-order valence-corrected chi connectivity index (χ3v) is 3.88. The van der Waals surface area contributed by atoms with Gasteiger partial charge in [0.25, 0.3) is 0 Å². The van der Waals surface area contributed by atoms with Gasteiger partial charge in [-0.2, -0.15) is 0 Å². The number of carbonyl (C=O) groups is 1. The van der Waals surface area contributed by atoms with Crippen LogP contribution in [-0.2, 0) is 16.0 Å². The first-order valence-electron chi connectivity index (χ1n) is 6.60. The van der Waals surface area contributed by atoms with Gasteiger partial charge in [-0.1, -0.05) is 0 Å². The maximum atomic E-state index is 12.2. The molecule has 0 aliphatic carbocycles. The summed E-state index contributed by atoms with van der Waals surface area (Å²) >= 11 is 0. The molecule has 1 aromatic heterocycles. The number of rotatable bonds is 3. The summed E-state index contributed by atoms with van der Waals surface area (Å²) < 4.78 is 5.72. The van der Waals surface area contributed by atoms with Crippen molar-refractivity contribution >= 4 is 5.78 Å². The smallest absolute Gasteiger partial charge is 0.167 e. The summed E-state index contributed by atoms with van der Waals surface area (Å²) in [4.78, 5) is 18.5. The average Bonchev–Trinajstić information content (AvgIpc) is 2.87. The molecule has 3 rings (SSSR count). The van der Waals surface area contributed by atoms with E-state index in [0.717, 1.165) is 18.7 Å². The van der Waals surface area contributed by atoms with Crippen LogP contribution >= 0.6 is 0 Å². The monoisotopic (exact) mass is 246 g/mol. The van der Waals surface area contributed by atoms with Gasteiger partial charge in [0.05, 0.1) is 6.61 Å². The van der Waals surface area contributed by atoms with Gasteiger partial charge < -0.3 is 4.74 Å². The van der Waals surface area contributed by atoms with Gasteiger partial charge in [-0.05, 0) is 37.1 Å². The number of carbonyl (C=O) groups excluding carboxylic acids is 1. The second kappa shape index (κ2) is 5.16. The SMILES string of the molecule is O=C(Cc1ccncc1)C1CN2CCCC2CO1. The van der Waals surface area contributed by atoms with Crippen molar-refractivity contribution in [2.24, 2.45) is 0 Å². The molecule has 1 aromatic rings. The first kappa shape index (κ1) is 11.8. The highest BCUT2D eigenvalue weighted by Crippen LogP contribution is 2.23. The highest BCUT2D eigenvalue weighted by molar-refractivity contribution is 5.85. The molecule has 0 saturated carbocycles. The van der Waals surface area contributed by atoms with Crippen molar-refractivity contribution in [2.75, 3.05) is 19.7 Å². The summed E-state index contributed by atoms with van der Waals surface area (Å²) in [6.07, 6.45) is 6.10. The van der Waals surface area contributed by atoms with Crippen LogP contribution in [0.4, 0.5) is 0 Å². The summed E-state index contributed by atoms with van der Waals surface area (Å²) in [6, 6.07) is 4.33. The topological polar surface area (TPSA) is 42.4 Å². The standard InChI is InChI=1S/C14H18N2O2/c17-13(8-11-3-5-15-6-4-11)14-9-16-7-1-2-12(16)10-18-14/h3-6,12,14H,1-2,7-10H2. The Morgan fingerprint density at radius 2 is 2.28 bits per heavy atom. The number of fused-ring (bicyclic) bond motifs is 1. The number of morpholine rings is 1. The van der Waals surface area contributed by atoms with Crippen LogP contribution < -0.4 is 0 Å². The van der Waals surface area contributed by atoms with Crippen LogP contribution in [0.15, 0.2) is 24.5 Å². The zero-order chi connectivity index (χ0) is 12.4. The Labute approximate surface area is 107 Å². The number of ether oxygens (including phenoxy) is 1. The van der Waals surface area contributed by atoms with E-state index in [4.69, 9.17) is 4.74 Å². The predicted octanol–water partition coefficient (Wildman–Crippen LogP) is 1.06. The van der Waals surface area contributed by atoms with Gasteiger partial charge in [-0.25, -0.2) is 0 Å². The van der Waals surface area contributed by atoms with Gasteiger partial charge in [0.2, 0.25) is 0 Å². The first-order chi connectivity index (χ1) is 8.83. The molecule has 4 nitrogen and oxygen atoms in total. The van der Waals surface area contributed by atoms with Crippen LogP contribution in [-0.4, -0.2) is 47.5 Å². The molecule has 0 spiro atoms. The number of ketones is 1. The summed E-state index contributed by atoms with van der Waals surface area (Å²) in [7, 11) is 0. The van der Waals surface area contributed by atoms with E-state index in [9.17, 15) is 4.79 Å². The number of hydrogen-bond acceptors (Lipinski definition) is 4. The number of pyridine rings is 1. The zero-order valence-electron chi connectivity index (χ0n) is 10.4. The molecule has 4 heteroatoms. The molecule has 18 heavy (non-hydrogen) atoms. The maximum Gasteiger partial charge on any atom is 0.167 e. The van der Waals surface area contributed by atoms with Crippen LogP contribution in [0.25, 0.3) is 0 Å². The molecule has 0 bridgehead atoms. The molecular weight excluding hydrogens is 228 g/mol. The Balaban J connectivity index is 1.60. The molecular formula is C14H18N2O2. The molecule has 96 valence electrons. The van der Waals surface area contributed by atoms with Crippen molar-refractivity contribution in [3.05, 3.63) is 30.1 Å². The third-order valence-electron chi connectivity index (χ3n) is 3.88. The van der Waals surface area contributed by atoms with Crippen LogP contribution in [0.3, 0.4) is 0 Å². The number of hydrogen-bond donors (Lipinski definition) is 0. The highest BCUT2D eigenvalue weighted by Gasteiger charge is 2.34. The van der Waals surface area contributed by atoms with E-state index in [1.54, 1.807) is 12.4 Å². The van der Waals surface area contributed by atoms with Gasteiger partial charge >= 0.3 is 0 Å². The van der Waals surface area contributed by atoms with Crippen LogP contribution in [0, 0.1) is 0 Å². The quantitative estimate of drug-likeness (QED) is 0.799. The second-order valence-corrected chi connectivity index (χ2v) is 5.11. The lowest BCUT2D eigenvalue weighted by atomic mass is 10.0. The summed E-state index contributed by atoms with van der Waals surface area (Å²) in [6.45, 7) is 2.61. The van der Waals surface area contributed by atoms with Crippen molar-refractivity contribution in [2.45, 2.75) is 31.4 Å². The maximum absolute atomic E-state index is 12.2. The van der Waals surface area contributed by atoms with Gasteiger partial charge in [0, 0.05) is 31.4 Å². The minimum atomic E-state index is -0.243. The van der Waals surface area contributed by atoms with Gasteiger partial charge in [-0.15, -0.1) is 0 Å². The molecule has 2 fully saturated rings. The van der Waals surface area contributed by atoms with Crippen LogP contribution in [0.1, 0.15) is 18.4 Å². The summed E-state index contributed by atoms with van der Waals surface area (Å²) in [5, 5.41) is 0. The fourth-order valence-corrected chi connectivity index (χ4v) is 2.83. The molecule has 2 aliphatic rings. The molecule has 2 saturated heterocycles. The molecule has 0 amide bonds. The third kappa shape index (κ3) is 2.44. The summed E-state index contributed by atoms with van der Waals surface area (Å²) in [5.74, 6) is 0.187. The van der Waals surface area contributed by atoms with Crippen molar-refractivity contribution in [3.8, 4) is 0 Å². The molecule has 0 aromatic carbocycles. The fourth-order valence-electron chi connectivity index (χ4n) is 2.83. The molecule has 2 aliphatic heterocycles. The van der Waals surface area contributed by atoms with E-state index in [1.165, 1.54) is 12.8 Å². The predicted molar refractivity (Wildman–Crippen MR) is 67.3 cm³/mol. The van der Waals surface area contributed by atoms with E-state index >= 15 is 0 Å². The van der Waals surface area contributed by atoms with E-state index in [2.05, 4.69) is 9.88 Å². The van der Waals surface area contributed by atoms with Crippen LogP contribution in [0.5, 0.6) is 0 Å². The lowest BCUT2D eigenvalue weighted by molar-refractivity contribution is -0.137. The highest BCUT2D eigenvalue weighted by atomic mass is 16.5. The van der Waals surface area contributed by atoms with Crippen LogP contribution in [0.2, 0.25) is 0 Å². The van der Waals surface area contributed by atoms with Crippen molar-refractivity contribution < 1.29 is 9.53 Å². The van der Waals surface area contributed by atoms with Crippen molar-refractivity contribution in [1.82, 2.24) is 9.88 Å². The lowest BCUT2D eigenvalue weighted by Crippen LogP contribution is -2.49. The molecule has 0 N–H and O–H groups in total. The minimum Gasteiger partial charge on any atom is -0.367 e. The largest absolute Gasteiger partial charge is 0.367 e. The van der Waals surface area contributed by atoms with Crippen molar-refractivity contribution in [3.63, 3.8) is 0 Å². The Hall–Kier alpha value is -1.26. The van der Waals surface area contributed by atoms with Gasteiger partial charge in [-0.3, -0.25) is 14.7 Å². The molecule has 3 heterocycles. The van der Waals surface area contributed by atoms with Crippen molar-refractivity contribution in [1.29, 1.82) is 0 Å². The number of nitrogens with zero attached hydrogens (tertiary/aromatic N) is 2. The normalized spacial score (nSPS) is 28.0. The zero-order valence-corrected chi connectivity index (χ0v) is 10.4. The Bertz CT molecular complexity index is 421. The second-order valence-electron chi connectivity index (χ2n) is 5.11. The molecule has 0 radical (unpaired) electrons. The lowest BCUT2D eigenvalue weighted by Gasteiger charge is -2.34. The van der Waals surface area contributed by atoms with Gasteiger partial charge in [0.1, 0.15) is 6.10 Å². The molecule has 2 unspecified atom stereocenters. The first-order valence-corrected chi connectivity index (χ1v) is 6.60. The number of Topliss-reactive ketones (excluding diaryl/α,β-unsaturated/α-hetero) is 1. The Morgan fingerprint density at radius 3 is 3.11 bits per heavy atom. The van der Waals surface area contributed by atoms with E-state index in [-0.39, 0.29) is 11.9 Å². The van der Waals surface area contributed by atoms with E-state index in [1.807, 2.05) is 12.1 Å². The van der Waals surface area contributed by atoms with E-state index < -0.39 is 0 Å². The Morgan fingerprint density at radius 1 is 1.44 bits per heavy atom. The summed E-state index contributed by atoms with van der Waals surface area (Å²) in [5.41, 5.74) is 1.02. The van der Waals surface area contributed by atoms with Gasteiger partial charge in [0.15, 0.2) is 5.78 Å². The molecule has 2 atom stereocenters. The number of aromatic nitrogens is 1. The fraction of sp³-hybridized carbons (Fsp3) is 0.571. The Kier molecular flexibility index (Phi) is 3.39. The average molecular weight is 246 g/mol. The van der Waals surface area contributed by atoms with E-state index in [0.29, 0.717) is 19.1 Å².